The van der Waals surface area contributed by atoms with Crippen LogP contribution in [0.15, 0.2) is 41.3 Å². The van der Waals surface area contributed by atoms with E-state index in [9.17, 15) is 9.59 Å². The molecule has 6 nitrogen and oxygen atoms in total. The van der Waals surface area contributed by atoms with Gasteiger partial charge in [0.25, 0.3) is 11.5 Å². The highest BCUT2D eigenvalue weighted by molar-refractivity contribution is 5.93. The van der Waals surface area contributed by atoms with E-state index < -0.39 is 0 Å². The summed E-state index contributed by atoms with van der Waals surface area (Å²) in [6.45, 7) is 0.362. The number of rotatable bonds is 5. The Morgan fingerprint density at radius 3 is 2.52 bits per heavy atom. The third-order valence-corrected chi connectivity index (χ3v) is 3.60. The first-order valence-corrected chi connectivity index (χ1v) is 7.09. The van der Waals surface area contributed by atoms with Crippen LogP contribution in [0, 0.1) is 0 Å². The summed E-state index contributed by atoms with van der Waals surface area (Å²) >= 11 is 0. The maximum atomic E-state index is 12.4. The van der Waals surface area contributed by atoms with E-state index in [0.29, 0.717) is 23.6 Å². The van der Waals surface area contributed by atoms with Gasteiger partial charge in [-0.05, 0) is 18.2 Å². The van der Waals surface area contributed by atoms with Crippen LogP contribution in [0.2, 0.25) is 0 Å². The molecule has 0 fully saturated rings. The van der Waals surface area contributed by atoms with Crippen molar-refractivity contribution in [2.45, 2.75) is 6.54 Å². The Morgan fingerprint density at radius 1 is 1.17 bits per heavy atom. The van der Waals surface area contributed by atoms with Gasteiger partial charge in [-0.15, -0.1) is 0 Å². The summed E-state index contributed by atoms with van der Waals surface area (Å²) in [6, 6.07) is 8.40. The molecule has 1 amide bonds. The van der Waals surface area contributed by atoms with Crippen molar-refractivity contribution in [2.75, 3.05) is 21.3 Å². The number of amides is 1. The van der Waals surface area contributed by atoms with Gasteiger partial charge < -0.3 is 18.9 Å². The topological polar surface area (TPSA) is 60.8 Å². The molecule has 0 spiro atoms. The van der Waals surface area contributed by atoms with Crippen LogP contribution in [-0.2, 0) is 13.6 Å². The van der Waals surface area contributed by atoms with Crippen molar-refractivity contribution in [1.29, 1.82) is 0 Å². The number of nitrogens with zero attached hydrogens (tertiary/aromatic N) is 2. The Hall–Kier alpha value is -2.76. The van der Waals surface area contributed by atoms with Gasteiger partial charge in [0.2, 0.25) is 0 Å². The molecule has 1 aromatic heterocycles. The van der Waals surface area contributed by atoms with Gasteiger partial charge >= 0.3 is 0 Å². The van der Waals surface area contributed by atoms with Crippen LogP contribution in [-0.4, -0.2) is 36.6 Å². The summed E-state index contributed by atoms with van der Waals surface area (Å²) < 4.78 is 11.9. The van der Waals surface area contributed by atoms with Crippen LogP contribution < -0.4 is 15.0 Å². The molecule has 2 rings (SSSR count). The maximum absolute atomic E-state index is 12.4. The summed E-state index contributed by atoms with van der Waals surface area (Å²) in [7, 11) is 6.48. The molecule has 2 aromatic rings. The van der Waals surface area contributed by atoms with Crippen molar-refractivity contribution in [2.24, 2.45) is 7.05 Å². The Kier molecular flexibility index (Phi) is 5.05. The summed E-state index contributed by atoms with van der Waals surface area (Å²) in [5.74, 6) is 1.11. The van der Waals surface area contributed by atoms with Crippen molar-refractivity contribution in [3.05, 3.63) is 58.0 Å². The number of hydrogen-bond donors (Lipinski definition) is 0. The van der Waals surface area contributed by atoms with E-state index in [1.165, 1.54) is 10.6 Å². The fraction of sp³-hybridized carbons (Fsp3) is 0.294. The molecule has 0 aliphatic rings. The third-order valence-electron chi connectivity index (χ3n) is 3.60. The van der Waals surface area contributed by atoms with Crippen LogP contribution in [0.25, 0.3) is 0 Å². The standard InChI is InChI=1S/C17H20N2O4/c1-18-8-7-12(9-16(18)20)17(21)19(2)11-13-5-6-14(22-3)10-15(13)23-4/h5-10H,11H2,1-4H3. The maximum Gasteiger partial charge on any atom is 0.254 e. The molecule has 0 saturated carbocycles. The van der Waals surface area contributed by atoms with Gasteiger partial charge in [-0.25, -0.2) is 0 Å². The largest absolute Gasteiger partial charge is 0.497 e. The summed E-state index contributed by atoms with van der Waals surface area (Å²) in [5.41, 5.74) is 1.00. The van der Waals surface area contributed by atoms with Gasteiger partial charge in [0.15, 0.2) is 0 Å². The fourth-order valence-corrected chi connectivity index (χ4v) is 2.21. The molecular formula is C17H20N2O4. The minimum Gasteiger partial charge on any atom is -0.497 e. The molecule has 6 heteroatoms. The predicted molar refractivity (Wildman–Crippen MR) is 87.0 cm³/mol. The van der Waals surface area contributed by atoms with Crippen molar-refractivity contribution in [3.63, 3.8) is 0 Å². The Balaban J connectivity index is 2.21. The monoisotopic (exact) mass is 316 g/mol. The van der Waals surface area contributed by atoms with Crippen LogP contribution in [0.3, 0.4) is 0 Å². The van der Waals surface area contributed by atoms with E-state index in [2.05, 4.69) is 0 Å². The molecule has 0 radical (unpaired) electrons. The highest BCUT2D eigenvalue weighted by atomic mass is 16.5. The minimum absolute atomic E-state index is 0.216. The first kappa shape index (κ1) is 16.6. The molecule has 0 saturated heterocycles. The highest BCUT2D eigenvalue weighted by Crippen LogP contribution is 2.25. The first-order chi connectivity index (χ1) is 11.0. The number of ether oxygens (including phenoxy) is 2. The molecule has 23 heavy (non-hydrogen) atoms. The van der Waals surface area contributed by atoms with Crippen molar-refractivity contribution < 1.29 is 14.3 Å². The molecule has 0 aliphatic carbocycles. The molecular weight excluding hydrogens is 296 g/mol. The van der Waals surface area contributed by atoms with Crippen LogP contribution >= 0.6 is 0 Å². The SMILES string of the molecule is COc1ccc(CN(C)C(=O)c2ccn(C)c(=O)c2)c(OC)c1. The first-order valence-electron chi connectivity index (χ1n) is 7.09. The lowest BCUT2D eigenvalue weighted by molar-refractivity contribution is 0.0784. The molecule has 0 aliphatic heterocycles. The highest BCUT2D eigenvalue weighted by Gasteiger charge is 2.15. The zero-order valence-corrected chi connectivity index (χ0v) is 13.7. The lowest BCUT2D eigenvalue weighted by atomic mass is 10.1. The Labute approximate surface area is 134 Å². The minimum atomic E-state index is -0.222. The third kappa shape index (κ3) is 3.71. The number of methoxy groups -OCH3 is 2. The Morgan fingerprint density at radius 2 is 1.91 bits per heavy atom. The lowest BCUT2D eigenvalue weighted by Gasteiger charge is -2.19. The van der Waals surface area contributed by atoms with E-state index in [-0.39, 0.29) is 11.5 Å². The average molecular weight is 316 g/mol. The molecule has 0 bridgehead atoms. The number of carbonyl (C=O) groups is 1. The molecule has 122 valence electrons. The number of hydrogen-bond acceptors (Lipinski definition) is 4. The number of pyridine rings is 1. The number of carbonyl (C=O) groups excluding carboxylic acids is 1. The number of aromatic nitrogens is 1. The van der Waals surface area contributed by atoms with Gasteiger partial charge in [-0.1, -0.05) is 0 Å². The van der Waals surface area contributed by atoms with Crippen molar-refractivity contribution in [3.8, 4) is 11.5 Å². The molecule has 1 heterocycles. The van der Waals surface area contributed by atoms with E-state index >= 15 is 0 Å². The molecule has 0 N–H and O–H groups in total. The van der Waals surface area contributed by atoms with Gasteiger partial charge in [0, 0.05) is 50.1 Å². The second kappa shape index (κ2) is 7.00. The summed E-state index contributed by atoms with van der Waals surface area (Å²) in [5, 5.41) is 0. The van der Waals surface area contributed by atoms with E-state index in [1.54, 1.807) is 51.5 Å². The van der Waals surface area contributed by atoms with Crippen LogP contribution in [0.5, 0.6) is 11.5 Å². The molecule has 0 atom stereocenters. The lowest BCUT2D eigenvalue weighted by Crippen LogP contribution is -2.28. The fourth-order valence-electron chi connectivity index (χ4n) is 2.21. The number of benzene rings is 1. The summed E-state index contributed by atoms with van der Waals surface area (Å²) in [6.07, 6.45) is 1.58. The van der Waals surface area contributed by atoms with Crippen LogP contribution in [0.4, 0.5) is 0 Å². The average Bonchev–Trinajstić information content (AvgIpc) is 2.56. The zero-order valence-electron chi connectivity index (χ0n) is 13.7. The van der Waals surface area contributed by atoms with Gasteiger partial charge in [-0.2, -0.15) is 0 Å². The van der Waals surface area contributed by atoms with Crippen molar-refractivity contribution >= 4 is 5.91 Å². The normalized spacial score (nSPS) is 10.3. The number of aryl methyl sites for hydroxylation is 1. The quantitative estimate of drug-likeness (QED) is 0.842. The molecule has 0 unspecified atom stereocenters. The van der Waals surface area contributed by atoms with E-state index in [4.69, 9.17) is 9.47 Å². The van der Waals surface area contributed by atoms with Crippen LogP contribution in [0.1, 0.15) is 15.9 Å². The van der Waals surface area contributed by atoms with E-state index in [0.717, 1.165) is 5.56 Å². The predicted octanol–water partition coefficient (Wildman–Crippen LogP) is 1.67. The van der Waals surface area contributed by atoms with E-state index in [1.807, 2.05) is 12.1 Å². The zero-order chi connectivity index (χ0) is 17.0. The second-order valence-electron chi connectivity index (χ2n) is 5.20. The van der Waals surface area contributed by atoms with Gasteiger partial charge in [0.1, 0.15) is 11.5 Å². The van der Waals surface area contributed by atoms with Gasteiger partial charge in [0.05, 0.1) is 14.2 Å². The van der Waals surface area contributed by atoms with Crippen molar-refractivity contribution in [1.82, 2.24) is 9.47 Å². The smallest absolute Gasteiger partial charge is 0.254 e. The summed E-state index contributed by atoms with van der Waals surface area (Å²) in [4.78, 5) is 25.6. The Bertz CT molecular complexity index is 767. The second-order valence-corrected chi connectivity index (χ2v) is 5.20. The van der Waals surface area contributed by atoms with Gasteiger partial charge in [-0.3, -0.25) is 9.59 Å². The molecule has 1 aromatic carbocycles.